The van der Waals surface area contributed by atoms with Crippen molar-refractivity contribution in [1.29, 1.82) is 0 Å². The van der Waals surface area contributed by atoms with E-state index < -0.39 is 0 Å². The van der Waals surface area contributed by atoms with Crippen LogP contribution >= 0.6 is 0 Å². The molecule has 2 aromatic carbocycles. The molecular formula is C15H16N2O2. The predicted octanol–water partition coefficient (Wildman–Crippen LogP) is 2.47. The van der Waals surface area contributed by atoms with Crippen LogP contribution in [0.2, 0.25) is 0 Å². The Hall–Kier alpha value is -2.49. The number of nitrogens with one attached hydrogen (secondary N) is 1. The summed E-state index contributed by atoms with van der Waals surface area (Å²) in [5.41, 5.74) is 7.16. The number of hydrogen-bond acceptors (Lipinski definition) is 3. The number of amides is 1. The van der Waals surface area contributed by atoms with E-state index in [4.69, 9.17) is 5.73 Å². The molecular weight excluding hydrogens is 240 g/mol. The van der Waals surface area contributed by atoms with Gasteiger partial charge in [-0.3, -0.25) is 4.79 Å². The molecule has 4 nitrogen and oxygen atoms in total. The zero-order chi connectivity index (χ0) is 13.8. The summed E-state index contributed by atoms with van der Waals surface area (Å²) >= 11 is 0. The molecule has 19 heavy (non-hydrogen) atoms. The van der Waals surface area contributed by atoms with Gasteiger partial charge >= 0.3 is 0 Å². The average molecular weight is 256 g/mol. The highest BCUT2D eigenvalue weighted by atomic mass is 16.3. The molecule has 4 N–H and O–H groups in total. The fourth-order valence-corrected chi connectivity index (χ4v) is 1.79. The summed E-state index contributed by atoms with van der Waals surface area (Å²) in [7, 11) is 0. The van der Waals surface area contributed by atoms with Gasteiger partial charge in [-0.15, -0.1) is 0 Å². The molecule has 0 unspecified atom stereocenters. The van der Waals surface area contributed by atoms with Gasteiger partial charge in [-0.1, -0.05) is 30.3 Å². The lowest BCUT2D eigenvalue weighted by Gasteiger charge is -2.14. The van der Waals surface area contributed by atoms with Crippen molar-refractivity contribution in [1.82, 2.24) is 5.32 Å². The minimum absolute atomic E-state index is 0.0833. The highest BCUT2D eigenvalue weighted by Gasteiger charge is 2.12. The largest absolute Gasteiger partial charge is 0.506 e. The van der Waals surface area contributed by atoms with Crippen LogP contribution in [-0.2, 0) is 0 Å². The lowest BCUT2D eigenvalue weighted by atomic mass is 10.1. The van der Waals surface area contributed by atoms with Gasteiger partial charge in [0.1, 0.15) is 5.75 Å². The molecule has 98 valence electrons. The monoisotopic (exact) mass is 256 g/mol. The Balaban J connectivity index is 2.11. The summed E-state index contributed by atoms with van der Waals surface area (Å²) in [5, 5.41) is 12.4. The third kappa shape index (κ3) is 3.04. The number of phenols is 1. The quantitative estimate of drug-likeness (QED) is 0.583. The zero-order valence-corrected chi connectivity index (χ0v) is 10.6. The topological polar surface area (TPSA) is 75.4 Å². The molecule has 0 aliphatic carbocycles. The molecule has 0 aromatic heterocycles. The highest BCUT2D eigenvalue weighted by molar-refractivity contribution is 5.95. The number of aromatic hydroxyl groups is 1. The molecule has 0 aliphatic rings. The minimum Gasteiger partial charge on any atom is -0.506 e. The number of hydrogen-bond donors (Lipinski definition) is 3. The lowest BCUT2D eigenvalue weighted by Crippen LogP contribution is -2.26. The summed E-state index contributed by atoms with van der Waals surface area (Å²) < 4.78 is 0. The van der Waals surface area contributed by atoms with E-state index in [2.05, 4.69) is 5.32 Å². The fourth-order valence-electron chi connectivity index (χ4n) is 1.79. The first-order chi connectivity index (χ1) is 9.08. The van der Waals surface area contributed by atoms with Crippen molar-refractivity contribution in [2.45, 2.75) is 13.0 Å². The van der Waals surface area contributed by atoms with Crippen LogP contribution in [-0.4, -0.2) is 11.0 Å². The Kier molecular flexibility index (Phi) is 3.71. The van der Waals surface area contributed by atoms with Crippen LogP contribution in [0.15, 0.2) is 48.5 Å². The molecule has 0 bridgehead atoms. The number of nitrogens with two attached hydrogens (primary N) is 1. The molecule has 0 fully saturated rings. The van der Waals surface area contributed by atoms with E-state index in [1.54, 1.807) is 6.07 Å². The first kappa shape index (κ1) is 13.0. The molecule has 0 heterocycles. The summed E-state index contributed by atoms with van der Waals surface area (Å²) in [6.45, 7) is 1.91. The molecule has 2 aromatic rings. The number of carbonyl (C=O) groups excluding carboxylic acids is 1. The maximum atomic E-state index is 12.0. The van der Waals surface area contributed by atoms with E-state index in [-0.39, 0.29) is 23.4 Å². The molecule has 0 aliphatic heterocycles. The summed E-state index contributed by atoms with van der Waals surface area (Å²) in [6, 6.07) is 14.0. The molecule has 4 heteroatoms. The molecule has 0 saturated heterocycles. The van der Waals surface area contributed by atoms with Crippen LogP contribution < -0.4 is 11.1 Å². The summed E-state index contributed by atoms with van der Waals surface area (Å²) in [4.78, 5) is 12.0. The van der Waals surface area contributed by atoms with Gasteiger partial charge in [0.15, 0.2) is 0 Å². The van der Waals surface area contributed by atoms with Crippen molar-refractivity contribution in [3.05, 3.63) is 59.7 Å². The van der Waals surface area contributed by atoms with Gasteiger partial charge in [-0.05, 0) is 30.7 Å². The van der Waals surface area contributed by atoms with Crippen molar-refractivity contribution < 1.29 is 9.90 Å². The average Bonchev–Trinajstić information content (AvgIpc) is 2.42. The van der Waals surface area contributed by atoms with Crippen molar-refractivity contribution in [2.75, 3.05) is 5.73 Å². The second kappa shape index (κ2) is 5.44. The van der Waals surface area contributed by atoms with Gasteiger partial charge in [-0.25, -0.2) is 0 Å². The van der Waals surface area contributed by atoms with E-state index in [9.17, 15) is 9.90 Å². The standard InChI is InChI=1S/C15H16N2O2/c1-10(11-5-3-2-4-6-11)17-15(19)12-7-8-13(16)14(18)9-12/h2-10,18H,16H2,1H3,(H,17,19)/t10-/m1/s1. The van der Waals surface area contributed by atoms with Crippen molar-refractivity contribution in [3.8, 4) is 5.75 Å². The number of benzene rings is 2. The smallest absolute Gasteiger partial charge is 0.251 e. The maximum absolute atomic E-state index is 12.0. The molecule has 2 rings (SSSR count). The Labute approximate surface area is 111 Å². The molecule has 0 spiro atoms. The number of rotatable bonds is 3. The van der Waals surface area contributed by atoms with Crippen LogP contribution in [0, 0.1) is 0 Å². The Morgan fingerprint density at radius 1 is 1.21 bits per heavy atom. The number of anilines is 1. The van der Waals surface area contributed by atoms with Crippen LogP contribution in [0.3, 0.4) is 0 Å². The molecule has 1 amide bonds. The van der Waals surface area contributed by atoms with Crippen molar-refractivity contribution >= 4 is 11.6 Å². The first-order valence-electron chi connectivity index (χ1n) is 6.02. The third-order valence-electron chi connectivity index (χ3n) is 2.94. The Bertz CT molecular complexity index is 582. The highest BCUT2D eigenvalue weighted by Crippen LogP contribution is 2.21. The first-order valence-corrected chi connectivity index (χ1v) is 6.02. The van der Waals surface area contributed by atoms with Gasteiger partial charge in [0.2, 0.25) is 0 Å². The molecule has 0 saturated carbocycles. The van der Waals surface area contributed by atoms with Gasteiger partial charge in [0.25, 0.3) is 5.91 Å². The van der Waals surface area contributed by atoms with Gasteiger partial charge in [0, 0.05) is 5.56 Å². The Morgan fingerprint density at radius 2 is 1.89 bits per heavy atom. The normalized spacial score (nSPS) is 11.8. The SMILES string of the molecule is C[C@@H](NC(=O)c1ccc(N)c(O)c1)c1ccccc1. The maximum Gasteiger partial charge on any atom is 0.251 e. The van der Waals surface area contributed by atoms with Crippen LogP contribution in [0.25, 0.3) is 0 Å². The summed E-state index contributed by atoms with van der Waals surface area (Å²) in [6.07, 6.45) is 0. The number of nitrogen functional groups attached to an aromatic ring is 1. The van der Waals surface area contributed by atoms with Crippen molar-refractivity contribution in [2.24, 2.45) is 0 Å². The minimum atomic E-state index is -0.244. The van der Waals surface area contributed by atoms with Gasteiger partial charge in [0.05, 0.1) is 11.7 Å². The number of carbonyl (C=O) groups is 1. The van der Waals surface area contributed by atoms with E-state index in [0.29, 0.717) is 5.56 Å². The van der Waals surface area contributed by atoms with Gasteiger partial charge in [-0.2, -0.15) is 0 Å². The predicted molar refractivity (Wildman–Crippen MR) is 74.8 cm³/mol. The Morgan fingerprint density at radius 3 is 2.53 bits per heavy atom. The molecule has 0 radical (unpaired) electrons. The van der Waals surface area contributed by atoms with E-state index in [1.165, 1.54) is 12.1 Å². The van der Waals surface area contributed by atoms with Gasteiger partial charge < -0.3 is 16.2 Å². The van der Waals surface area contributed by atoms with E-state index in [1.807, 2.05) is 37.3 Å². The molecule has 1 atom stereocenters. The van der Waals surface area contributed by atoms with Crippen LogP contribution in [0.4, 0.5) is 5.69 Å². The fraction of sp³-hybridized carbons (Fsp3) is 0.133. The summed E-state index contributed by atoms with van der Waals surface area (Å²) in [5.74, 6) is -0.327. The van der Waals surface area contributed by atoms with Crippen molar-refractivity contribution in [3.63, 3.8) is 0 Å². The lowest BCUT2D eigenvalue weighted by molar-refractivity contribution is 0.0939. The van der Waals surface area contributed by atoms with Crippen LogP contribution in [0.1, 0.15) is 28.9 Å². The zero-order valence-electron chi connectivity index (χ0n) is 10.6. The second-order valence-corrected chi connectivity index (χ2v) is 4.38. The van der Waals surface area contributed by atoms with E-state index in [0.717, 1.165) is 5.56 Å². The number of phenolic OH excluding ortho intramolecular Hbond substituents is 1. The van der Waals surface area contributed by atoms with E-state index >= 15 is 0 Å². The third-order valence-corrected chi connectivity index (χ3v) is 2.94. The second-order valence-electron chi connectivity index (χ2n) is 4.38. The van der Waals surface area contributed by atoms with Crippen LogP contribution in [0.5, 0.6) is 5.75 Å².